The van der Waals surface area contributed by atoms with Crippen LogP contribution in [0.25, 0.3) is 0 Å². The molecule has 0 atom stereocenters. The molecule has 1 rings (SSSR count). The SMILES string of the molecule is CCCCN(CCCC)C(=O)c1ccc(NC)cn1. The van der Waals surface area contributed by atoms with Crippen LogP contribution in [-0.2, 0) is 0 Å². The normalized spacial score (nSPS) is 10.3. The Balaban J connectivity index is 2.72. The number of carbonyl (C=O) groups excluding carboxylic acids is 1. The van der Waals surface area contributed by atoms with Crippen molar-refractivity contribution < 1.29 is 4.79 Å². The highest BCUT2D eigenvalue weighted by atomic mass is 16.2. The van der Waals surface area contributed by atoms with Gasteiger partial charge < -0.3 is 10.2 Å². The Bertz CT molecular complexity index is 367. The molecule has 1 aromatic heterocycles. The number of unbranched alkanes of at least 4 members (excludes halogenated alkanes) is 2. The number of aromatic nitrogens is 1. The Hall–Kier alpha value is -1.58. The van der Waals surface area contributed by atoms with Gasteiger partial charge in [-0.05, 0) is 25.0 Å². The van der Waals surface area contributed by atoms with Crippen molar-refractivity contribution in [1.29, 1.82) is 0 Å². The van der Waals surface area contributed by atoms with Crippen molar-refractivity contribution in [3.8, 4) is 0 Å². The fraction of sp³-hybridized carbons (Fsp3) is 0.600. The predicted octanol–water partition coefficient (Wildman–Crippen LogP) is 3.17. The maximum Gasteiger partial charge on any atom is 0.272 e. The van der Waals surface area contributed by atoms with Crippen LogP contribution in [0.15, 0.2) is 18.3 Å². The summed E-state index contributed by atoms with van der Waals surface area (Å²) < 4.78 is 0. The van der Waals surface area contributed by atoms with Crippen LogP contribution in [0, 0.1) is 0 Å². The monoisotopic (exact) mass is 263 g/mol. The van der Waals surface area contributed by atoms with Crippen molar-refractivity contribution in [3.63, 3.8) is 0 Å². The molecule has 0 unspecified atom stereocenters. The molecule has 0 radical (unpaired) electrons. The molecule has 1 heterocycles. The zero-order chi connectivity index (χ0) is 14.1. The Kier molecular flexibility index (Phi) is 6.93. The van der Waals surface area contributed by atoms with Crippen LogP contribution in [0.3, 0.4) is 0 Å². The first-order valence-electron chi connectivity index (χ1n) is 7.16. The van der Waals surface area contributed by atoms with E-state index in [9.17, 15) is 4.79 Å². The fourth-order valence-electron chi connectivity index (χ4n) is 1.84. The van der Waals surface area contributed by atoms with E-state index < -0.39 is 0 Å². The number of amides is 1. The third-order valence-electron chi connectivity index (χ3n) is 3.12. The summed E-state index contributed by atoms with van der Waals surface area (Å²) in [5, 5.41) is 3.00. The minimum atomic E-state index is 0.0459. The maximum atomic E-state index is 12.4. The number of pyridine rings is 1. The van der Waals surface area contributed by atoms with Crippen LogP contribution in [-0.4, -0.2) is 35.9 Å². The number of nitrogens with one attached hydrogen (secondary N) is 1. The van der Waals surface area contributed by atoms with Crippen LogP contribution in [0.2, 0.25) is 0 Å². The summed E-state index contributed by atoms with van der Waals surface area (Å²) in [6.07, 6.45) is 5.99. The van der Waals surface area contributed by atoms with Gasteiger partial charge in [0, 0.05) is 20.1 Å². The predicted molar refractivity (Wildman–Crippen MR) is 79.5 cm³/mol. The highest BCUT2D eigenvalue weighted by Gasteiger charge is 2.15. The fourth-order valence-corrected chi connectivity index (χ4v) is 1.84. The second-order valence-electron chi connectivity index (χ2n) is 4.68. The quantitative estimate of drug-likeness (QED) is 0.783. The van der Waals surface area contributed by atoms with E-state index in [0.29, 0.717) is 5.69 Å². The molecule has 0 spiro atoms. The van der Waals surface area contributed by atoms with Gasteiger partial charge in [0.05, 0.1) is 11.9 Å². The van der Waals surface area contributed by atoms with Crippen molar-refractivity contribution in [2.45, 2.75) is 39.5 Å². The lowest BCUT2D eigenvalue weighted by Crippen LogP contribution is -2.33. The van der Waals surface area contributed by atoms with E-state index in [1.54, 1.807) is 12.3 Å². The summed E-state index contributed by atoms with van der Waals surface area (Å²) in [5.41, 5.74) is 1.46. The summed E-state index contributed by atoms with van der Waals surface area (Å²) >= 11 is 0. The molecule has 0 aromatic carbocycles. The van der Waals surface area contributed by atoms with Crippen molar-refractivity contribution in [2.75, 3.05) is 25.5 Å². The number of rotatable bonds is 8. The van der Waals surface area contributed by atoms with Gasteiger partial charge >= 0.3 is 0 Å². The maximum absolute atomic E-state index is 12.4. The third kappa shape index (κ3) is 4.89. The Labute approximate surface area is 116 Å². The van der Waals surface area contributed by atoms with Crippen molar-refractivity contribution in [3.05, 3.63) is 24.0 Å². The first-order valence-corrected chi connectivity index (χ1v) is 7.16. The van der Waals surface area contributed by atoms with Crippen molar-refractivity contribution >= 4 is 11.6 Å². The van der Waals surface area contributed by atoms with Gasteiger partial charge in [0.2, 0.25) is 0 Å². The highest BCUT2D eigenvalue weighted by Crippen LogP contribution is 2.09. The minimum absolute atomic E-state index is 0.0459. The molecule has 1 amide bonds. The molecular formula is C15H25N3O. The third-order valence-corrected chi connectivity index (χ3v) is 3.12. The van der Waals surface area contributed by atoms with Gasteiger partial charge in [0.1, 0.15) is 5.69 Å². The van der Waals surface area contributed by atoms with Crippen LogP contribution >= 0.6 is 0 Å². The molecule has 4 nitrogen and oxygen atoms in total. The van der Waals surface area contributed by atoms with Crippen molar-refractivity contribution in [2.24, 2.45) is 0 Å². The largest absolute Gasteiger partial charge is 0.387 e. The number of nitrogens with zero attached hydrogens (tertiary/aromatic N) is 2. The Morgan fingerprint density at radius 3 is 2.26 bits per heavy atom. The molecule has 0 bridgehead atoms. The molecule has 0 saturated heterocycles. The number of hydrogen-bond acceptors (Lipinski definition) is 3. The summed E-state index contributed by atoms with van der Waals surface area (Å²) in [6, 6.07) is 3.68. The van der Waals surface area contributed by atoms with Gasteiger partial charge in [0.15, 0.2) is 0 Å². The topological polar surface area (TPSA) is 45.2 Å². The van der Waals surface area contributed by atoms with Crippen LogP contribution in [0.1, 0.15) is 50.0 Å². The van der Waals surface area contributed by atoms with Crippen LogP contribution in [0.4, 0.5) is 5.69 Å². The van der Waals surface area contributed by atoms with Gasteiger partial charge in [-0.3, -0.25) is 4.79 Å². The molecule has 0 aliphatic rings. The van der Waals surface area contributed by atoms with E-state index in [0.717, 1.165) is 44.5 Å². The summed E-state index contributed by atoms with van der Waals surface area (Å²) in [5.74, 6) is 0.0459. The zero-order valence-electron chi connectivity index (χ0n) is 12.3. The van der Waals surface area contributed by atoms with Crippen molar-refractivity contribution in [1.82, 2.24) is 9.88 Å². The molecule has 0 fully saturated rings. The summed E-state index contributed by atoms with van der Waals surface area (Å²) in [4.78, 5) is 18.6. The van der Waals surface area contributed by atoms with Gasteiger partial charge in [-0.15, -0.1) is 0 Å². The molecule has 0 saturated carbocycles. The first kappa shape index (κ1) is 15.5. The van der Waals surface area contributed by atoms with Gasteiger partial charge in [-0.1, -0.05) is 26.7 Å². The lowest BCUT2D eigenvalue weighted by Gasteiger charge is -2.22. The summed E-state index contributed by atoms with van der Waals surface area (Å²) in [7, 11) is 1.84. The van der Waals surface area contributed by atoms with E-state index in [2.05, 4.69) is 24.1 Å². The van der Waals surface area contributed by atoms with Gasteiger partial charge in [-0.25, -0.2) is 4.98 Å². The minimum Gasteiger partial charge on any atom is -0.387 e. The van der Waals surface area contributed by atoms with E-state index in [-0.39, 0.29) is 5.91 Å². The molecular weight excluding hydrogens is 238 g/mol. The average molecular weight is 263 g/mol. The van der Waals surface area contributed by atoms with Crippen LogP contribution in [0.5, 0.6) is 0 Å². The first-order chi connectivity index (χ1) is 9.22. The molecule has 1 aromatic rings. The Morgan fingerprint density at radius 2 is 1.84 bits per heavy atom. The van der Waals surface area contributed by atoms with E-state index in [1.165, 1.54) is 0 Å². The van der Waals surface area contributed by atoms with E-state index in [4.69, 9.17) is 0 Å². The van der Waals surface area contributed by atoms with E-state index in [1.807, 2.05) is 18.0 Å². The average Bonchev–Trinajstić information content (AvgIpc) is 2.47. The molecule has 106 valence electrons. The highest BCUT2D eigenvalue weighted by molar-refractivity contribution is 5.92. The molecule has 1 N–H and O–H groups in total. The number of anilines is 1. The van der Waals surface area contributed by atoms with Gasteiger partial charge in [0.25, 0.3) is 5.91 Å². The smallest absolute Gasteiger partial charge is 0.272 e. The van der Waals surface area contributed by atoms with Crippen LogP contribution < -0.4 is 5.32 Å². The standard InChI is InChI=1S/C15H25N3O/c1-4-6-10-18(11-7-5-2)15(19)14-9-8-13(16-3)12-17-14/h8-9,12,16H,4-7,10-11H2,1-3H3. The number of carbonyl (C=O) groups is 1. The molecule has 0 aliphatic carbocycles. The lowest BCUT2D eigenvalue weighted by atomic mass is 10.2. The molecule has 4 heteroatoms. The van der Waals surface area contributed by atoms with Gasteiger partial charge in [-0.2, -0.15) is 0 Å². The number of hydrogen-bond donors (Lipinski definition) is 1. The summed E-state index contributed by atoms with van der Waals surface area (Å²) in [6.45, 7) is 5.93. The van der Waals surface area contributed by atoms with E-state index >= 15 is 0 Å². The lowest BCUT2D eigenvalue weighted by molar-refractivity contribution is 0.0745. The zero-order valence-corrected chi connectivity index (χ0v) is 12.3. The molecule has 0 aliphatic heterocycles. The Morgan fingerprint density at radius 1 is 1.21 bits per heavy atom. The second kappa shape index (κ2) is 8.51. The second-order valence-corrected chi connectivity index (χ2v) is 4.68. The molecule has 19 heavy (non-hydrogen) atoms.